The van der Waals surface area contributed by atoms with Gasteiger partial charge in [0.05, 0.1) is 17.6 Å². The van der Waals surface area contributed by atoms with Crippen molar-refractivity contribution in [1.82, 2.24) is 19.3 Å². The summed E-state index contributed by atoms with van der Waals surface area (Å²) in [6.45, 7) is 3.64. The molecule has 0 unspecified atom stereocenters. The molecule has 0 aliphatic rings. The SMILES string of the molecule is Cc1cccc2nc(N)n(CCn3cccn3)c12. The highest BCUT2D eigenvalue weighted by Gasteiger charge is 2.09. The van der Waals surface area contributed by atoms with E-state index in [1.165, 1.54) is 5.56 Å². The van der Waals surface area contributed by atoms with Crippen LogP contribution in [0.5, 0.6) is 0 Å². The normalized spacial score (nSPS) is 11.2. The fourth-order valence-corrected chi connectivity index (χ4v) is 2.24. The fraction of sp³-hybridized carbons (Fsp3) is 0.231. The number of aromatic nitrogens is 4. The maximum atomic E-state index is 5.98. The van der Waals surface area contributed by atoms with Gasteiger partial charge in [0.15, 0.2) is 0 Å². The Bertz CT molecular complexity index is 666. The number of hydrogen-bond acceptors (Lipinski definition) is 3. The largest absolute Gasteiger partial charge is 0.369 e. The van der Waals surface area contributed by atoms with Gasteiger partial charge < -0.3 is 10.3 Å². The Morgan fingerprint density at radius 3 is 2.89 bits per heavy atom. The topological polar surface area (TPSA) is 61.7 Å². The Labute approximate surface area is 105 Å². The molecule has 0 fully saturated rings. The highest BCUT2D eigenvalue weighted by Crippen LogP contribution is 2.21. The van der Waals surface area contributed by atoms with Crippen molar-refractivity contribution < 1.29 is 0 Å². The Morgan fingerprint density at radius 1 is 1.22 bits per heavy atom. The van der Waals surface area contributed by atoms with Crippen LogP contribution >= 0.6 is 0 Å². The lowest BCUT2D eigenvalue weighted by Crippen LogP contribution is -2.10. The van der Waals surface area contributed by atoms with Crippen LogP contribution in [0.1, 0.15) is 5.56 Å². The number of nitrogens with two attached hydrogens (primary N) is 1. The number of nitrogen functional groups attached to an aromatic ring is 1. The molecule has 0 bridgehead atoms. The van der Waals surface area contributed by atoms with E-state index in [9.17, 15) is 0 Å². The van der Waals surface area contributed by atoms with Crippen molar-refractivity contribution in [2.75, 3.05) is 5.73 Å². The molecule has 2 heterocycles. The standard InChI is InChI=1S/C13H15N5/c1-10-4-2-5-11-12(10)18(13(14)16-11)9-8-17-7-3-6-15-17/h2-7H,8-9H2,1H3,(H2,14,16). The zero-order chi connectivity index (χ0) is 12.5. The first-order valence-electron chi connectivity index (χ1n) is 5.94. The van der Waals surface area contributed by atoms with Gasteiger partial charge >= 0.3 is 0 Å². The number of anilines is 1. The molecule has 2 N–H and O–H groups in total. The molecular formula is C13H15N5. The third-order valence-electron chi connectivity index (χ3n) is 3.11. The predicted octanol–water partition coefficient (Wildman–Crippen LogP) is 1.82. The highest BCUT2D eigenvalue weighted by atomic mass is 15.3. The van der Waals surface area contributed by atoms with Gasteiger partial charge in [-0.25, -0.2) is 4.98 Å². The summed E-state index contributed by atoms with van der Waals surface area (Å²) in [6, 6.07) is 7.99. The fourth-order valence-electron chi connectivity index (χ4n) is 2.24. The second kappa shape index (κ2) is 4.18. The lowest BCUT2D eigenvalue weighted by Gasteiger charge is -2.08. The molecule has 3 rings (SSSR count). The van der Waals surface area contributed by atoms with Crippen LogP contribution in [-0.2, 0) is 13.1 Å². The van der Waals surface area contributed by atoms with Crippen molar-refractivity contribution in [1.29, 1.82) is 0 Å². The summed E-state index contributed by atoms with van der Waals surface area (Å²) in [7, 11) is 0. The third kappa shape index (κ3) is 1.73. The van der Waals surface area contributed by atoms with Crippen molar-refractivity contribution in [3.63, 3.8) is 0 Å². The van der Waals surface area contributed by atoms with E-state index < -0.39 is 0 Å². The van der Waals surface area contributed by atoms with E-state index in [-0.39, 0.29) is 0 Å². The average molecular weight is 241 g/mol. The van der Waals surface area contributed by atoms with E-state index in [2.05, 4.69) is 23.1 Å². The number of benzene rings is 1. The average Bonchev–Trinajstić information content (AvgIpc) is 2.94. The molecule has 5 nitrogen and oxygen atoms in total. The Balaban J connectivity index is 1.98. The van der Waals surface area contributed by atoms with Gasteiger partial charge in [-0.05, 0) is 24.6 Å². The highest BCUT2D eigenvalue weighted by molar-refractivity contribution is 5.81. The maximum absolute atomic E-state index is 5.98. The van der Waals surface area contributed by atoms with Gasteiger partial charge in [-0.3, -0.25) is 4.68 Å². The first kappa shape index (κ1) is 10.8. The maximum Gasteiger partial charge on any atom is 0.201 e. The van der Waals surface area contributed by atoms with Gasteiger partial charge in [0, 0.05) is 18.9 Å². The lowest BCUT2D eigenvalue weighted by atomic mass is 10.2. The Morgan fingerprint density at radius 2 is 2.11 bits per heavy atom. The van der Waals surface area contributed by atoms with Crippen LogP contribution in [0.25, 0.3) is 11.0 Å². The first-order chi connectivity index (χ1) is 8.75. The van der Waals surface area contributed by atoms with Crippen molar-refractivity contribution in [3.8, 4) is 0 Å². The van der Waals surface area contributed by atoms with Crippen molar-refractivity contribution >= 4 is 17.0 Å². The number of fused-ring (bicyclic) bond motifs is 1. The van der Waals surface area contributed by atoms with Crippen LogP contribution in [0.4, 0.5) is 5.95 Å². The van der Waals surface area contributed by atoms with Gasteiger partial charge in [0.25, 0.3) is 0 Å². The summed E-state index contributed by atoms with van der Waals surface area (Å²) in [4.78, 5) is 4.38. The molecular weight excluding hydrogens is 226 g/mol. The number of aryl methyl sites for hydroxylation is 3. The van der Waals surface area contributed by atoms with Gasteiger partial charge in [-0.1, -0.05) is 12.1 Å². The third-order valence-corrected chi connectivity index (χ3v) is 3.11. The van der Waals surface area contributed by atoms with Crippen LogP contribution in [0.3, 0.4) is 0 Å². The zero-order valence-corrected chi connectivity index (χ0v) is 10.2. The smallest absolute Gasteiger partial charge is 0.201 e. The number of imidazole rings is 1. The quantitative estimate of drug-likeness (QED) is 0.761. The minimum Gasteiger partial charge on any atom is -0.369 e. The van der Waals surface area contributed by atoms with E-state index in [4.69, 9.17) is 5.73 Å². The molecule has 0 amide bonds. The monoisotopic (exact) mass is 241 g/mol. The van der Waals surface area contributed by atoms with Gasteiger partial charge in [-0.2, -0.15) is 5.10 Å². The zero-order valence-electron chi connectivity index (χ0n) is 10.2. The van der Waals surface area contributed by atoms with E-state index in [0.717, 1.165) is 24.1 Å². The Hall–Kier alpha value is -2.30. The second-order valence-corrected chi connectivity index (χ2v) is 4.33. The molecule has 0 aliphatic carbocycles. The van der Waals surface area contributed by atoms with Crippen LogP contribution in [0.15, 0.2) is 36.7 Å². The molecule has 3 aromatic rings. The Kier molecular flexibility index (Phi) is 2.51. The summed E-state index contributed by atoms with van der Waals surface area (Å²) in [6.07, 6.45) is 3.72. The predicted molar refractivity (Wildman–Crippen MR) is 71.1 cm³/mol. The van der Waals surface area contributed by atoms with Crippen LogP contribution < -0.4 is 5.73 Å². The van der Waals surface area contributed by atoms with Crippen LogP contribution in [-0.4, -0.2) is 19.3 Å². The van der Waals surface area contributed by atoms with Crippen LogP contribution in [0.2, 0.25) is 0 Å². The lowest BCUT2D eigenvalue weighted by molar-refractivity contribution is 0.544. The molecule has 1 aromatic carbocycles. The molecule has 0 radical (unpaired) electrons. The van der Waals surface area contributed by atoms with Crippen LogP contribution in [0, 0.1) is 6.92 Å². The summed E-state index contributed by atoms with van der Waals surface area (Å²) in [5.41, 5.74) is 9.24. The van der Waals surface area contributed by atoms with Crippen molar-refractivity contribution in [3.05, 3.63) is 42.2 Å². The molecule has 5 heteroatoms. The van der Waals surface area contributed by atoms with E-state index in [0.29, 0.717) is 5.95 Å². The summed E-state index contributed by atoms with van der Waals surface area (Å²) in [5.74, 6) is 0.562. The summed E-state index contributed by atoms with van der Waals surface area (Å²) in [5, 5.41) is 4.19. The van der Waals surface area contributed by atoms with Gasteiger partial charge in [0.2, 0.25) is 5.95 Å². The van der Waals surface area contributed by atoms with Crippen molar-refractivity contribution in [2.45, 2.75) is 20.0 Å². The molecule has 0 atom stereocenters. The molecule has 0 aliphatic heterocycles. The number of rotatable bonds is 3. The van der Waals surface area contributed by atoms with E-state index in [1.54, 1.807) is 6.20 Å². The van der Waals surface area contributed by atoms with Crippen molar-refractivity contribution in [2.24, 2.45) is 0 Å². The number of nitrogens with zero attached hydrogens (tertiary/aromatic N) is 4. The molecule has 0 spiro atoms. The summed E-state index contributed by atoms with van der Waals surface area (Å²) >= 11 is 0. The molecule has 0 saturated carbocycles. The number of hydrogen-bond donors (Lipinski definition) is 1. The molecule has 18 heavy (non-hydrogen) atoms. The first-order valence-corrected chi connectivity index (χ1v) is 5.94. The molecule has 0 saturated heterocycles. The number of para-hydroxylation sites is 1. The minimum atomic E-state index is 0.562. The summed E-state index contributed by atoms with van der Waals surface area (Å²) < 4.78 is 3.94. The van der Waals surface area contributed by atoms with Gasteiger partial charge in [0.1, 0.15) is 0 Å². The second-order valence-electron chi connectivity index (χ2n) is 4.33. The van der Waals surface area contributed by atoms with E-state index >= 15 is 0 Å². The van der Waals surface area contributed by atoms with Gasteiger partial charge in [-0.15, -0.1) is 0 Å². The minimum absolute atomic E-state index is 0.562. The van der Waals surface area contributed by atoms with E-state index in [1.807, 2.05) is 33.6 Å². The molecule has 2 aromatic heterocycles. The molecule has 92 valence electrons.